The molecule has 0 amide bonds. The van der Waals surface area contributed by atoms with Crippen LogP contribution >= 0.6 is 0 Å². The zero-order chi connectivity index (χ0) is 20.0. The molecule has 29 heavy (non-hydrogen) atoms. The highest BCUT2D eigenvalue weighted by Gasteiger charge is 2.24. The number of likely N-dealkylation sites (tertiary alicyclic amines) is 1. The highest BCUT2D eigenvalue weighted by atomic mass is 19.1. The lowest BCUT2D eigenvalue weighted by atomic mass is 9.90. The molecule has 1 aliphatic rings. The maximum Gasteiger partial charge on any atom is 0.138 e. The number of alkyl halides is 1. The van der Waals surface area contributed by atoms with E-state index in [0.717, 1.165) is 42.5 Å². The first-order valence-corrected chi connectivity index (χ1v) is 10.3. The normalized spacial score (nSPS) is 16.2. The molecule has 0 aliphatic carbocycles. The summed E-state index contributed by atoms with van der Waals surface area (Å²) in [6.45, 7) is 4.43. The Labute approximate surface area is 169 Å². The number of hydrogen-bond donors (Lipinski definition) is 1. The number of nitrogens with zero attached hydrogens (tertiary/aromatic N) is 4. The van der Waals surface area contributed by atoms with Gasteiger partial charge in [-0.1, -0.05) is 12.1 Å². The summed E-state index contributed by atoms with van der Waals surface area (Å²) in [5.74, 6) is 0.483. The van der Waals surface area contributed by atoms with Crippen molar-refractivity contribution in [3.05, 3.63) is 48.0 Å². The van der Waals surface area contributed by atoms with Gasteiger partial charge in [0.2, 0.25) is 0 Å². The minimum Gasteiger partial charge on any atom is -0.343 e. The van der Waals surface area contributed by atoms with Crippen LogP contribution in [0.25, 0.3) is 32.9 Å². The van der Waals surface area contributed by atoms with E-state index in [2.05, 4.69) is 40.1 Å². The smallest absolute Gasteiger partial charge is 0.138 e. The van der Waals surface area contributed by atoms with Gasteiger partial charge in [0.15, 0.2) is 0 Å². The fourth-order valence-electron chi connectivity index (χ4n) is 4.76. The maximum absolute atomic E-state index is 12.6. The Balaban J connectivity index is 1.56. The van der Waals surface area contributed by atoms with E-state index in [1.54, 1.807) is 0 Å². The lowest BCUT2D eigenvalue weighted by Crippen LogP contribution is -2.34. The van der Waals surface area contributed by atoms with Gasteiger partial charge in [0, 0.05) is 53.9 Å². The van der Waals surface area contributed by atoms with Crippen molar-refractivity contribution in [2.24, 2.45) is 7.05 Å². The van der Waals surface area contributed by atoms with Crippen molar-refractivity contribution in [3.8, 4) is 11.1 Å². The maximum atomic E-state index is 12.6. The average molecular weight is 391 g/mol. The summed E-state index contributed by atoms with van der Waals surface area (Å²) in [5, 5.41) is 7.90. The van der Waals surface area contributed by atoms with Crippen molar-refractivity contribution >= 4 is 21.8 Å². The monoisotopic (exact) mass is 391 g/mol. The molecular weight excluding hydrogens is 365 g/mol. The molecule has 0 spiro atoms. The van der Waals surface area contributed by atoms with Crippen LogP contribution in [0.3, 0.4) is 0 Å². The number of pyridine rings is 1. The van der Waals surface area contributed by atoms with Gasteiger partial charge in [-0.2, -0.15) is 5.10 Å². The number of halogens is 1. The predicted molar refractivity (Wildman–Crippen MR) is 115 cm³/mol. The molecule has 4 aromatic rings. The first kappa shape index (κ1) is 18.3. The van der Waals surface area contributed by atoms with Crippen LogP contribution in [-0.4, -0.2) is 51.0 Å². The van der Waals surface area contributed by atoms with Crippen LogP contribution in [0.1, 0.15) is 30.0 Å². The first-order valence-electron chi connectivity index (χ1n) is 10.3. The van der Waals surface area contributed by atoms with Crippen molar-refractivity contribution in [3.63, 3.8) is 0 Å². The van der Waals surface area contributed by atoms with Crippen molar-refractivity contribution in [2.75, 3.05) is 26.3 Å². The van der Waals surface area contributed by atoms with Gasteiger partial charge in [-0.15, -0.1) is 0 Å². The summed E-state index contributed by atoms with van der Waals surface area (Å²) in [4.78, 5) is 10.5. The fraction of sp³-hybridized carbons (Fsp3) is 0.391. The molecule has 150 valence electrons. The average Bonchev–Trinajstić information content (AvgIpc) is 3.32. The standard InChI is InChI=1S/C23H26FN5/c1-15-21-20-11-17(19-13-26-28(2)14-19)3-4-18(20)12-25-23(21)27-22(15)16-5-8-29(9-6-16)10-7-24/h3-4,11-14,16H,5-10H2,1-2H3,(H,25,27). The molecule has 1 fully saturated rings. The van der Waals surface area contributed by atoms with Crippen molar-refractivity contribution in [1.29, 1.82) is 0 Å². The molecule has 5 nitrogen and oxygen atoms in total. The molecule has 0 atom stereocenters. The quantitative estimate of drug-likeness (QED) is 0.554. The number of H-pyrrole nitrogens is 1. The van der Waals surface area contributed by atoms with E-state index in [-0.39, 0.29) is 6.67 Å². The Morgan fingerprint density at radius 2 is 2.00 bits per heavy atom. The molecule has 0 radical (unpaired) electrons. The number of aromatic nitrogens is 4. The molecular formula is C23H26FN5. The van der Waals surface area contributed by atoms with Crippen LogP contribution in [0, 0.1) is 6.92 Å². The number of rotatable bonds is 4. The molecule has 1 saturated heterocycles. The second kappa shape index (κ2) is 7.26. The molecule has 3 aromatic heterocycles. The van der Waals surface area contributed by atoms with Gasteiger partial charge >= 0.3 is 0 Å². The van der Waals surface area contributed by atoms with E-state index < -0.39 is 0 Å². The molecule has 5 rings (SSSR count). The van der Waals surface area contributed by atoms with Crippen molar-refractivity contribution in [1.82, 2.24) is 24.6 Å². The lowest BCUT2D eigenvalue weighted by Gasteiger charge is -2.31. The molecule has 0 bridgehead atoms. The van der Waals surface area contributed by atoms with Crippen LogP contribution in [0.15, 0.2) is 36.8 Å². The Kier molecular flexibility index (Phi) is 4.59. The van der Waals surface area contributed by atoms with E-state index in [1.807, 2.05) is 30.3 Å². The minimum atomic E-state index is -0.259. The molecule has 1 aliphatic heterocycles. The van der Waals surface area contributed by atoms with Crippen LogP contribution in [0.2, 0.25) is 0 Å². The summed E-state index contributed by atoms with van der Waals surface area (Å²) in [5.41, 5.74) is 5.84. The predicted octanol–water partition coefficient (Wildman–Crippen LogP) is 4.57. The molecule has 1 aromatic carbocycles. The van der Waals surface area contributed by atoms with E-state index in [1.165, 1.54) is 27.6 Å². The highest BCUT2D eigenvalue weighted by Crippen LogP contribution is 2.37. The molecule has 1 N–H and O–H groups in total. The summed E-state index contributed by atoms with van der Waals surface area (Å²) in [6, 6.07) is 6.53. The summed E-state index contributed by atoms with van der Waals surface area (Å²) < 4.78 is 14.5. The molecule has 6 heteroatoms. The van der Waals surface area contributed by atoms with E-state index in [0.29, 0.717) is 12.5 Å². The first-order chi connectivity index (χ1) is 14.1. The number of aromatic amines is 1. The Morgan fingerprint density at radius 3 is 2.72 bits per heavy atom. The zero-order valence-electron chi connectivity index (χ0n) is 17.0. The third-order valence-corrected chi connectivity index (χ3v) is 6.36. The number of aryl methyl sites for hydroxylation is 2. The lowest BCUT2D eigenvalue weighted by molar-refractivity contribution is 0.196. The van der Waals surface area contributed by atoms with E-state index in [4.69, 9.17) is 4.98 Å². The molecule has 4 heterocycles. The van der Waals surface area contributed by atoms with Crippen LogP contribution < -0.4 is 0 Å². The Hall–Kier alpha value is -2.73. The number of nitrogens with one attached hydrogen (secondary N) is 1. The second-order valence-electron chi connectivity index (χ2n) is 8.16. The third-order valence-electron chi connectivity index (χ3n) is 6.36. The van der Waals surface area contributed by atoms with Gasteiger partial charge in [-0.05, 0) is 55.4 Å². The van der Waals surface area contributed by atoms with Gasteiger partial charge in [-0.3, -0.25) is 4.68 Å². The largest absolute Gasteiger partial charge is 0.343 e. The number of piperidine rings is 1. The van der Waals surface area contributed by atoms with Gasteiger partial charge in [-0.25, -0.2) is 9.37 Å². The second-order valence-corrected chi connectivity index (χ2v) is 8.16. The van der Waals surface area contributed by atoms with Gasteiger partial charge in [0.1, 0.15) is 12.3 Å². The number of hydrogen-bond acceptors (Lipinski definition) is 3. The third kappa shape index (κ3) is 3.21. The topological polar surface area (TPSA) is 49.7 Å². The van der Waals surface area contributed by atoms with Crippen LogP contribution in [0.5, 0.6) is 0 Å². The Morgan fingerprint density at radius 1 is 1.17 bits per heavy atom. The molecule has 0 saturated carbocycles. The van der Waals surface area contributed by atoms with Gasteiger partial charge < -0.3 is 9.88 Å². The molecule has 0 unspecified atom stereocenters. The summed E-state index contributed by atoms with van der Waals surface area (Å²) >= 11 is 0. The van der Waals surface area contributed by atoms with Crippen molar-refractivity contribution in [2.45, 2.75) is 25.7 Å². The van der Waals surface area contributed by atoms with Crippen LogP contribution in [-0.2, 0) is 7.05 Å². The summed E-state index contributed by atoms with van der Waals surface area (Å²) in [6.07, 6.45) is 8.02. The SMILES string of the molecule is Cc1c(C2CCN(CCF)CC2)[nH]c2ncc3ccc(-c4cnn(C)c4)cc3c12. The minimum absolute atomic E-state index is 0.259. The van der Waals surface area contributed by atoms with E-state index in [9.17, 15) is 4.39 Å². The highest BCUT2D eigenvalue weighted by molar-refractivity contribution is 6.08. The van der Waals surface area contributed by atoms with Gasteiger partial charge in [0.05, 0.1) is 6.20 Å². The van der Waals surface area contributed by atoms with Crippen LogP contribution in [0.4, 0.5) is 4.39 Å². The number of benzene rings is 1. The summed E-state index contributed by atoms with van der Waals surface area (Å²) in [7, 11) is 1.94. The fourth-order valence-corrected chi connectivity index (χ4v) is 4.76. The Bertz CT molecular complexity index is 1170. The zero-order valence-corrected chi connectivity index (χ0v) is 17.0. The van der Waals surface area contributed by atoms with Gasteiger partial charge in [0.25, 0.3) is 0 Å². The van der Waals surface area contributed by atoms with E-state index >= 15 is 0 Å². The van der Waals surface area contributed by atoms with Crippen molar-refractivity contribution < 1.29 is 4.39 Å². The number of fused-ring (bicyclic) bond motifs is 3.